The molecule has 3 aliphatic heterocycles. The Bertz CT molecular complexity index is 804. The van der Waals surface area contributed by atoms with Crippen LogP contribution in [0.5, 0.6) is 0 Å². The number of aliphatic hydroxyl groups excluding tert-OH is 1. The zero-order chi connectivity index (χ0) is 17.0. The average Bonchev–Trinajstić information content (AvgIpc) is 2.75. The Morgan fingerprint density at radius 3 is 2.62 bits per heavy atom. The third-order valence-electron chi connectivity index (χ3n) is 5.30. The average molecular weight is 363 g/mol. The molecule has 3 heterocycles. The molecule has 3 atom stereocenters. The molecule has 1 aliphatic carbocycles. The van der Waals surface area contributed by atoms with Gasteiger partial charge < -0.3 is 15.7 Å². The van der Waals surface area contributed by atoms with E-state index in [9.17, 15) is 5.11 Å². The molecule has 0 radical (unpaired) electrons. The van der Waals surface area contributed by atoms with Crippen molar-refractivity contribution in [3.63, 3.8) is 0 Å². The van der Waals surface area contributed by atoms with Gasteiger partial charge in [0.2, 0.25) is 0 Å². The maximum Gasteiger partial charge on any atom is 0.123 e. The number of hydrogen-bond donors (Lipinski definition) is 3. The molecule has 3 N–H and O–H groups in total. The number of dihydropyridines is 1. The number of nitrogens with one attached hydrogen (secondary N) is 2. The van der Waals surface area contributed by atoms with Crippen LogP contribution in [-0.2, 0) is 0 Å². The van der Waals surface area contributed by atoms with E-state index in [-0.39, 0.29) is 18.1 Å². The van der Waals surface area contributed by atoms with Crippen LogP contribution in [0, 0.1) is 0 Å². The van der Waals surface area contributed by atoms with E-state index in [1.54, 1.807) is 0 Å². The van der Waals surface area contributed by atoms with Gasteiger partial charge >= 0.3 is 0 Å². The van der Waals surface area contributed by atoms with E-state index < -0.39 is 0 Å². The summed E-state index contributed by atoms with van der Waals surface area (Å²) in [5.74, 6) is 0.460. The van der Waals surface area contributed by atoms with Crippen molar-refractivity contribution in [3.05, 3.63) is 62.5 Å². The normalized spacial score (nSPS) is 28.7. The molecule has 2 bridgehead atoms. The standard InChI is InChI=1S/C19H20Cl2N2O/c1-3-11-9(2)22-16-7-12(10-4-5-13(20)14(21)6-10)15-8-17(23-15)18(16)19(11)24/h4-7,15-17,22-24H,3,8H2,1-2H3. The molecular formula is C19H20Cl2N2O. The molecule has 126 valence electrons. The maximum absolute atomic E-state index is 10.8. The number of hydrogen-bond acceptors (Lipinski definition) is 3. The fourth-order valence-corrected chi connectivity index (χ4v) is 4.30. The molecule has 0 spiro atoms. The Balaban J connectivity index is 1.79. The third-order valence-corrected chi connectivity index (χ3v) is 6.04. The Morgan fingerprint density at radius 1 is 1.21 bits per heavy atom. The van der Waals surface area contributed by atoms with Gasteiger partial charge in [-0.1, -0.05) is 42.3 Å². The molecule has 1 saturated heterocycles. The number of rotatable bonds is 2. The summed E-state index contributed by atoms with van der Waals surface area (Å²) in [4.78, 5) is 0. The van der Waals surface area contributed by atoms with Crippen molar-refractivity contribution >= 4 is 28.8 Å². The molecule has 0 amide bonds. The monoisotopic (exact) mass is 362 g/mol. The minimum atomic E-state index is 0.00903. The van der Waals surface area contributed by atoms with Crippen LogP contribution in [0.2, 0.25) is 10.0 Å². The van der Waals surface area contributed by atoms with Gasteiger partial charge in [-0.15, -0.1) is 0 Å². The lowest BCUT2D eigenvalue weighted by Crippen LogP contribution is -2.54. The molecule has 1 fully saturated rings. The third kappa shape index (κ3) is 2.38. The first-order valence-corrected chi connectivity index (χ1v) is 9.08. The quantitative estimate of drug-likeness (QED) is 0.720. The largest absolute Gasteiger partial charge is 0.507 e. The highest BCUT2D eigenvalue weighted by Crippen LogP contribution is 2.41. The van der Waals surface area contributed by atoms with Gasteiger partial charge in [0.05, 0.1) is 16.1 Å². The lowest BCUT2D eigenvalue weighted by atomic mass is 9.84. The van der Waals surface area contributed by atoms with Crippen LogP contribution in [0.4, 0.5) is 0 Å². The van der Waals surface area contributed by atoms with Gasteiger partial charge in [0.15, 0.2) is 0 Å². The predicted molar refractivity (Wildman–Crippen MR) is 99.3 cm³/mol. The second kappa shape index (κ2) is 5.83. The van der Waals surface area contributed by atoms with Gasteiger partial charge in [-0.05, 0) is 43.0 Å². The molecule has 0 saturated carbocycles. The van der Waals surface area contributed by atoms with E-state index in [0.717, 1.165) is 35.2 Å². The second-order valence-electron chi connectivity index (χ2n) is 6.64. The van der Waals surface area contributed by atoms with E-state index >= 15 is 0 Å². The molecule has 1 aromatic rings. The summed E-state index contributed by atoms with van der Waals surface area (Å²) in [6.45, 7) is 4.10. The number of aliphatic hydroxyl groups is 1. The van der Waals surface area contributed by atoms with Gasteiger partial charge in [-0.3, -0.25) is 0 Å². The predicted octanol–water partition coefficient (Wildman–Crippen LogP) is 4.59. The SMILES string of the molecule is CCC1=C(C)NC2C=C(c3ccc(Cl)c(Cl)c3)C3CC(N3)C2=C1O. The van der Waals surface area contributed by atoms with Crippen LogP contribution >= 0.6 is 23.2 Å². The van der Waals surface area contributed by atoms with E-state index in [1.165, 1.54) is 5.57 Å². The summed E-state index contributed by atoms with van der Waals surface area (Å²) in [5, 5.41) is 19.0. The van der Waals surface area contributed by atoms with Crippen LogP contribution in [0.1, 0.15) is 32.3 Å². The van der Waals surface area contributed by atoms with Crippen molar-refractivity contribution in [1.29, 1.82) is 0 Å². The van der Waals surface area contributed by atoms with Crippen LogP contribution in [0.25, 0.3) is 5.57 Å². The van der Waals surface area contributed by atoms with E-state index in [0.29, 0.717) is 15.8 Å². The fourth-order valence-electron chi connectivity index (χ4n) is 4.00. The first kappa shape index (κ1) is 16.1. The van der Waals surface area contributed by atoms with Crippen LogP contribution in [0.15, 0.2) is 46.9 Å². The molecule has 1 aromatic carbocycles. The van der Waals surface area contributed by atoms with Crippen molar-refractivity contribution in [3.8, 4) is 0 Å². The van der Waals surface area contributed by atoms with Crippen molar-refractivity contribution < 1.29 is 5.11 Å². The lowest BCUT2D eigenvalue weighted by Gasteiger charge is -2.40. The minimum Gasteiger partial charge on any atom is -0.507 e. The molecular weight excluding hydrogens is 343 g/mol. The highest BCUT2D eigenvalue weighted by atomic mass is 35.5. The smallest absolute Gasteiger partial charge is 0.123 e. The zero-order valence-electron chi connectivity index (χ0n) is 13.7. The summed E-state index contributed by atoms with van der Waals surface area (Å²) in [5.41, 5.74) is 5.40. The summed E-state index contributed by atoms with van der Waals surface area (Å²) >= 11 is 12.3. The summed E-state index contributed by atoms with van der Waals surface area (Å²) in [7, 11) is 0. The fraction of sp³-hybridized carbons (Fsp3) is 0.368. The van der Waals surface area contributed by atoms with Crippen molar-refractivity contribution in [1.82, 2.24) is 10.6 Å². The van der Waals surface area contributed by atoms with E-state index in [1.807, 2.05) is 25.1 Å². The first-order valence-electron chi connectivity index (χ1n) is 8.32. The molecule has 5 heteroatoms. The topological polar surface area (TPSA) is 44.3 Å². The maximum atomic E-state index is 10.8. The van der Waals surface area contributed by atoms with E-state index in [2.05, 4.69) is 23.6 Å². The molecule has 3 nitrogen and oxygen atoms in total. The minimum absolute atomic E-state index is 0.00903. The Kier molecular flexibility index (Phi) is 3.91. The van der Waals surface area contributed by atoms with Crippen LogP contribution < -0.4 is 10.6 Å². The summed E-state index contributed by atoms with van der Waals surface area (Å²) < 4.78 is 0. The van der Waals surface area contributed by atoms with Gasteiger partial charge in [0.25, 0.3) is 0 Å². The highest BCUT2D eigenvalue weighted by molar-refractivity contribution is 6.42. The van der Waals surface area contributed by atoms with Crippen LogP contribution in [0.3, 0.4) is 0 Å². The molecule has 4 aliphatic rings. The number of benzene rings is 1. The second-order valence-corrected chi connectivity index (χ2v) is 7.46. The highest BCUT2D eigenvalue weighted by Gasteiger charge is 2.43. The van der Waals surface area contributed by atoms with E-state index in [4.69, 9.17) is 23.2 Å². The summed E-state index contributed by atoms with van der Waals surface area (Å²) in [6.07, 6.45) is 4.02. The van der Waals surface area contributed by atoms with Crippen LogP contribution in [-0.4, -0.2) is 23.2 Å². The zero-order valence-corrected chi connectivity index (χ0v) is 15.2. The van der Waals surface area contributed by atoms with Crippen molar-refractivity contribution in [2.24, 2.45) is 0 Å². The first-order chi connectivity index (χ1) is 11.5. The number of halogens is 2. The van der Waals surface area contributed by atoms with Gasteiger partial charge in [-0.25, -0.2) is 0 Å². The molecule has 0 aromatic heterocycles. The Hall–Kier alpha value is -1.42. The van der Waals surface area contributed by atoms with Gasteiger partial charge in [0.1, 0.15) is 5.76 Å². The molecule has 5 rings (SSSR count). The Labute approximate surface area is 152 Å². The van der Waals surface area contributed by atoms with Crippen molar-refractivity contribution in [2.75, 3.05) is 0 Å². The summed E-state index contributed by atoms with van der Waals surface area (Å²) in [6, 6.07) is 6.28. The van der Waals surface area contributed by atoms with Crippen molar-refractivity contribution in [2.45, 2.75) is 44.8 Å². The van der Waals surface area contributed by atoms with Gasteiger partial charge in [0, 0.05) is 28.9 Å². The Morgan fingerprint density at radius 2 is 1.96 bits per heavy atom. The molecule has 24 heavy (non-hydrogen) atoms. The lowest BCUT2D eigenvalue weighted by molar-refractivity contribution is 0.321. The van der Waals surface area contributed by atoms with Gasteiger partial charge in [-0.2, -0.15) is 0 Å². The molecule has 3 unspecified atom stereocenters. The number of allylic oxidation sites excluding steroid dienone is 2.